The quantitative estimate of drug-likeness (QED) is 0.234. The Morgan fingerprint density at radius 3 is 2.42 bits per heavy atom. The van der Waals surface area contributed by atoms with E-state index < -0.39 is 12.0 Å². The normalized spacial score (nSPS) is 14.8. The molecule has 3 aromatic carbocycles. The maximum Gasteiger partial charge on any atom is 0.338 e. The molecule has 0 amide bonds. The third-order valence-corrected chi connectivity index (χ3v) is 7.97. The molecule has 0 bridgehead atoms. The molecule has 1 aliphatic heterocycles. The number of ether oxygens (including phenoxy) is 4. The van der Waals surface area contributed by atoms with Gasteiger partial charge in [0.05, 0.1) is 53.8 Å². The smallest absolute Gasteiger partial charge is 0.338 e. The van der Waals surface area contributed by atoms with E-state index in [0.717, 1.165) is 5.56 Å². The van der Waals surface area contributed by atoms with Gasteiger partial charge in [0.1, 0.15) is 5.75 Å². The number of halogens is 1. The van der Waals surface area contributed by atoms with Crippen LogP contribution in [0.25, 0.3) is 11.8 Å². The van der Waals surface area contributed by atoms with Gasteiger partial charge in [0.2, 0.25) is 0 Å². The van der Waals surface area contributed by atoms with E-state index in [9.17, 15) is 9.59 Å². The average Bonchev–Trinajstić information content (AvgIpc) is 3.32. The van der Waals surface area contributed by atoms with Crippen molar-refractivity contribution >= 4 is 40.7 Å². The standard InChI is InChI=1S/C33H31ClN2O6S/c1-6-41-32(38)27-28(21-10-8-7-9-11-21)35-33-36(29(27)22-12-14-23(39-4)15-13-22)31(37)26(43-33)18-20-16-24(34)30(42-19(2)3)25(17-20)40-5/h7-19,29H,6H2,1-5H3/b26-18-/t29-/m0/s1. The molecule has 1 aromatic heterocycles. The van der Waals surface area contributed by atoms with Gasteiger partial charge < -0.3 is 18.9 Å². The number of hydrogen-bond acceptors (Lipinski definition) is 8. The molecule has 5 rings (SSSR count). The first kappa shape index (κ1) is 30.1. The topological polar surface area (TPSA) is 88.4 Å². The van der Waals surface area contributed by atoms with Gasteiger partial charge in [0.15, 0.2) is 16.3 Å². The Balaban J connectivity index is 1.77. The molecular weight excluding hydrogens is 588 g/mol. The van der Waals surface area contributed by atoms with Gasteiger partial charge in [-0.1, -0.05) is 65.4 Å². The van der Waals surface area contributed by atoms with Crippen molar-refractivity contribution < 1.29 is 23.7 Å². The van der Waals surface area contributed by atoms with E-state index in [4.69, 9.17) is 35.5 Å². The van der Waals surface area contributed by atoms with Crippen molar-refractivity contribution in [3.63, 3.8) is 0 Å². The van der Waals surface area contributed by atoms with Gasteiger partial charge in [-0.15, -0.1) is 0 Å². The third kappa shape index (κ3) is 6.09. The second-order valence-electron chi connectivity index (χ2n) is 9.91. The number of nitrogens with zero attached hydrogens (tertiary/aromatic N) is 2. The largest absolute Gasteiger partial charge is 0.497 e. The number of carbonyl (C=O) groups is 1. The lowest BCUT2D eigenvalue weighted by Gasteiger charge is -2.26. The van der Waals surface area contributed by atoms with E-state index in [0.29, 0.717) is 48.4 Å². The van der Waals surface area contributed by atoms with Gasteiger partial charge in [-0.05, 0) is 62.2 Å². The van der Waals surface area contributed by atoms with E-state index in [2.05, 4.69) is 0 Å². The molecule has 0 saturated heterocycles. The molecule has 222 valence electrons. The Kier molecular flexibility index (Phi) is 9.03. The predicted octanol–water partition coefficient (Wildman–Crippen LogP) is 5.39. The van der Waals surface area contributed by atoms with E-state index in [-0.39, 0.29) is 23.8 Å². The van der Waals surface area contributed by atoms with Crippen molar-refractivity contribution in [2.45, 2.75) is 32.9 Å². The second kappa shape index (κ2) is 12.9. The number of aromatic nitrogens is 1. The fourth-order valence-corrected chi connectivity index (χ4v) is 6.13. The lowest BCUT2D eigenvalue weighted by molar-refractivity contribution is -0.138. The number of benzene rings is 3. The minimum absolute atomic E-state index is 0.105. The summed E-state index contributed by atoms with van der Waals surface area (Å²) in [6, 6.07) is 19.4. The SMILES string of the molecule is CCOC(=O)C1=C(c2ccccc2)N=c2s/c(=C\c3cc(Cl)c(OC(C)C)c(OC)c3)c(=O)n2[C@H]1c1ccc(OC)cc1. The van der Waals surface area contributed by atoms with Crippen LogP contribution in [0.3, 0.4) is 0 Å². The Bertz CT molecular complexity index is 1860. The van der Waals surface area contributed by atoms with Crippen molar-refractivity contribution in [1.82, 2.24) is 4.57 Å². The van der Waals surface area contributed by atoms with Gasteiger partial charge in [-0.25, -0.2) is 9.79 Å². The number of thiazole rings is 1. The summed E-state index contributed by atoms with van der Waals surface area (Å²) in [5, 5.41) is 0.360. The highest BCUT2D eigenvalue weighted by atomic mass is 35.5. The first-order valence-corrected chi connectivity index (χ1v) is 14.9. The number of esters is 1. The van der Waals surface area contributed by atoms with Gasteiger partial charge in [-0.3, -0.25) is 9.36 Å². The number of fused-ring (bicyclic) bond motifs is 1. The van der Waals surface area contributed by atoms with Crippen molar-refractivity contribution in [2.75, 3.05) is 20.8 Å². The number of methoxy groups -OCH3 is 2. The Morgan fingerprint density at radius 1 is 1.07 bits per heavy atom. The molecule has 0 radical (unpaired) electrons. The number of hydrogen-bond donors (Lipinski definition) is 0. The summed E-state index contributed by atoms with van der Waals surface area (Å²) in [7, 11) is 3.12. The number of carbonyl (C=O) groups excluding carboxylic acids is 1. The molecular formula is C33H31ClN2O6S. The molecule has 8 nitrogen and oxygen atoms in total. The van der Waals surface area contributed by atoms with Gasteiger partial charge >= 0.3 is 5.97 Å². The summed E-state index contributed by atoms with van der Waals surface area (Å²) in [5.74, 6) is 0.991. The molecule has 1 atom stereocenters. The molecule has 0 spiro atoms. The van der Waals surface area contributed by atoms with Crippen LogP contribution in [0.1, 0.15) is 43.5 Å². The predicted molar refractivity (Wildman–Crippen MR) is 168 cm³/mol. The van der Waals surface area contributed by atoms with Crippen LogP contribution in [0.4, 0.5) is 0 Å². The monoisotopic (exact) mass is 618 g/mol. The van der Waals surface area contributed by atoms with Crippen LogP contribution in [-0.2, 0) is 9.53 Å². The molecule has 10 heteroatoms. The zero-order valence-electron chi connectivity index (χ0n) is 24.4. The Labute approximate surface area is 258 Å². The van der Waals surface area contributed by atoms with Crippen molar-refractivity contribution in [2.24, 2.45) is 4.99 Å². The molecule has 0 unspecified atom stereocenters. The Morgan fingerprint density at radius 2 is 1.79 bits per heavy atom. The zero-order chi connectivity index (χ0) is 30.7. The summed E-state index contributed by atoms with van der Waals surface area (Å²) in [4.78, 5) is 33.1. The van der Waals surface area contributed by atoms with Crippen LogP contribution in [0, 0.1) is 0 Å². The first-order valence-electron chi connectivity index (χ1n) is 13.7. The fourth-order valence-electron chi connectivity index (χ4n) is 4.87. The van der Waals surface area contributed by atoms with Crippen molar-refractivity contribution in [3.05, 3.63) is 114 Å². The molecule has 0 aliphatic carbocycles. The molecule has 43 heavy (non-hydrogen) atoms. The highest BCUT2D eigenvalue weighted by Crippen LogP contribution is 2.38. The maximum atomic E-state index is 14.1. The summed E-state index contributed by atoms with van der Waals surface area (Å²) < 4.78 is 24.2. The van der Waals surface area contributed by atoms with Crippen LogP contribution < -0.4 is 29.1 Å². The van der Waals surface area contributed by atoms with Crippen molar-refractivity contribution in [3.8, 4) is 17.2 Å². The van der Waals surface area contributed by atoms with Crippen LogP contribution >= 0.6 is 22.9 Å². The molecule has 0 saturated carbocycles. The highest BCUT2D eigenvalue weighted by molar-refractivity contribution is 7.07. The highest BCUT2D eigenvalue weighted by Gasteiger charge is 2.35. The number of rotatable bonds is 9. The summed E-state index contributed by atoms with van der Waals surface area (Å²) in [6.45, 7) is 5.72. The van der Waals surface area contributed by atoms with Gasteiger partial charge in [0, 0.05) is 5.56 Å². The third-order valence-electron chi connectivity index (χ3n) is 6.71. The lowest BCUT2D eigenvalue weighted by Crippen LogP contribution is -2.40. The van der Waals surface area contributed by atoms with Crippen LogP contribution in [0.5, 0.6) is 17.2 Å². The van der Waals surface area contributed by atoms with Crippen LogP contribution in [0.2, 0.25) is 5.02 Å². The van der Waals surface area contributed by atoms with Crippen molar-refractivity contribution in [1.29, 1.82) is 0 Å². The first-order chi connectivity index (χ1) is 20.7. The minimum atomic E-state index is -0.793. The molecule has 2 heterocycles. The maximum absolute atomic E-state index is 14.1. The van der Waals surface area contributed by atoms with Gasteiger partial charge in [-0.2, -0.15) is 0 Å². The summed E-state index contributed by atoms with van der Waals surface area (Å²) >= 11 is 7.80. The second-order valence-corrected chi connectivity index (χ2v) is 11.3. The van der Waals surface area contributed by atoms with Crippen LogP contribution in [-0.4, -0.2) is 37.5 Å². The van der Waals surface area contributed by atoms with Gasteiger partial charge in [0.25, 0.3) is 5.56 Å². The van der Waals surface area contributed by atoms with Crippen LogP contribution in [0.15, 0.2) is 82.1 Å². The van der Waals surface area contributed by atoms with E-state index in [1.165, 1.54) is 18.4 Å². The molecule has 4 aromatic rings. The molecule has 0 N–H and O–H groups in total. The van der Waals surface area contributed by atoms with E-state index in [1.54, 1.807) is 48.9 Å². The van der Waals surface area contributed by atoms with E-state index in [1.807, 2.05) is 56.3 Å². The fraction of sp³-hybridized carbons (Fsp3) is 0.242. The summed E-state index contributed by atoms with van der Waals surface area (Å²) in [5.41, 5.74) is 2.51. The molecule has 0 fully saturated rings. The average molecular weight is 619 g/mol. The lowest BCUT2D eigenvalue weighted by atomic mass is 9.93. The molecule has 1 aliphatic rings. The zero-order valence-corrected chi connectivity index (χ0v) is 26.0. The Hall–Kier alpha value is -4.34. The van der Waals surface area contributed by atoms with E-state index >= 15 is 0 Å². The minimum Gasteiger partial charge on any atom is -0.497 e. The summed E-state index contributed by atoms with van der Waals surface area (Å²) in [6.07, 6.45) is 1.63.